The lowest BCUT2D eigenvalue weighted by atomic mass is 10.2. The van der Waals surface area contributed by atoms with E-state index in [2.05, 4.69) is 20.2 Å². The summed E-state index contributed by atoms with van der Waals surface area (Å²) in [5.74, 6) is -0.531. The Morgan fingerprint density at radius 2 is 1.86 bits per heavy atom. The van der Waals surface area contributed by atoms with Crippen molar-refractivity contribution in [2.45, 2.75) is 6.61 Å². The number of hydrogen-bond acceptors (Lipinski definition) is 5. The largest absolute Gasteiger partial charge is 0.458 e. The van der Waals surface area contributed by atoms with Crippen LogP contribution in [0.5, 0.6) is 6.01 Å². The molecule has 5 nitrogen and oxygen atoms in total. The molecule has 0 spiro atoms. The minimum Gasteiger partial charge on any atom is -0.458 e. The number of hydrogen-bond donors (Lipinski definition) is 1. The fourth-order valence-electron chi connectivity index (χ4n) is 2.28. The first kappa shape index (κ1) is 14.6. The lowest BCUT2D eigenvalue weighted by Gasteiger charge is -2.28. The molecule has 7 heteroatoms. The zero-order valence-electron chi connectivity index (χ0n) is 11.9. The van der Waals surface area contributed by atoms with E-state index in [1.807, 2.05) is 0 Å². The highest BCUT2D eigenvalue weighted by Gasteiger charge is 2.14. The van der Waals surface area contributed by atoms with Gasteiger partial charge in [-0.2, -0.15) is 4.98 Å². The summed E-state index contributed by atoms with van der Waals surface area (Å²) in [7, 11) is 0. The van der Waals surface area contributed by atoms with Gasteiger partial charge in [-0.15, -0.1) is 0 Å². The Morgan fingerprint density at radius 1 is 1.14 bits per heavy atom. The molecule has 0 radical (unpaired) electrons. The standard InChI is InChI=1S/C15H16F2N4O/c16-12-2-1-3-13(17)11(12)10-22-15-19-5-4-14(20-15)21-8-6-18-7-9-21/h1-5,18H,6-10H2. The molecule has 0 unspecified atom stereocenters. The van der Waals surface area contributed by atoms with Gasteiger partial charge in [0.15, 0.2) is 0 Å². The van der Waals surface area contributed by atoms with E-state index in [1.165, 1.54) is 18.2 Å². The van der Waals surface area contributed by atoms with Gasteiger partial charge >= 0.3 is 6.01 Å². The molecule has 1 aliphatic heterocycles. The van der Waals surface area contributed by atoms with Crippen LogP contribution in [0, 0.1) is 11.6 Å². The summed E-state index contributed by atoms with van der Waals surface area (Å²) in [6, 6.07) is 5.61. The number of ether oxygens (including phenoxy) is 1. The van der Waals surface area contributed by atoms with Crippen LogP contribution in [0.1, 0.15) is 5.56 Å². The monoisotopic (exact) mass is 306 g/mol. The second-order valence-electron chi connectivity index (χ2n) is 4.92. The predicted molar refractivity (Wildman–Crippen MR) is 77.8 cm³/mol. The van der Waals surface area contributed by atoms with Gasteiger partial charge in [0.2, 0.25) is 0 Å². The van der Waals surface area contributed by atoms with Gasteiger partial charge in [-0.3, -0.25) is 0 Å². The van der Waals surface area contributed by atoms with Crippen LogP contribution < -0.4 is 15.0 Å². The van der Waals surface area contributed by atoms with Crippen molar-refractivity contribution in [2.24, 2.45) is 0 Å². The number of rotatable bonds is 4. The van der Waals surface area contributed by atoms with E-state index in [-0.39, 0.29) is 18.2 Å². The third kappa shape index (κ3) is 3.30. The molecule has 3 rings (SSSR count). The van der Waals surface area contributed by atoms with Crippen molar-refractivity contribution >= 4 is 5.82 Å². The number of benzene rings is 1. The number of halogens is 2. The van der Waals surface area contributed by atoms with Crippen molar-refractivity contribution in [3.8, 4) is 6.01 Å². The van der Waals surface area contributed by atoms with Gasteiger partial charge in [0, 0.05) is 32.4 Å². The molecule has 2 heterocycles. The van der Waals surface area contributed by atoms with Crippen molar-refractivity contribution in [2.75, 3.05) is 31.1 Å². The van der Waals surface area contributed by atoms with Crippen LogP contribution in [0.25, 0.3) is 0 Å². The van der Waals surface area contributed by atoms with Crippen LogP contribution in [-0.2, 0) is 6.61 Å². The fraction of sp³-hybridized carbons (Fsp3) is 0.333. The predicted octanol–water partition coefficient (Wildman–Crippen LogP) is 1.74. The summed E-state index contributed by atoms with van der Waals surface area (Å²) < 4.78 is 32.4. The van der Waals surface area contributed by atoms with E-state index < -0.39 is 11.6 Å². The highest BCUT2D eigenvalue weighted by Crippen LogP contribution is 2.17. The van der Waals surface area contributed by atoms with Gasteiger partial charge in [0.1, 0.15) is 24.1 Å². The number of nitrogens with zero attached hydrogens (tertiary/aromatic N) is 3. The van der Waals surface area contributed by atoms with Gasteiger partial charge in [-0.25, -0.2) is 13.8 Å². The zero-order valence-corrected chi connectivity index (χ0v) is 11.9. The summed E-state index contributed by atoms with van der Waals surface area (Å²) in [5, 5.41) is 3.26. The minimum absolute atomic E-state index is 0.110. The van der Waals surface area contributed by atoms with Crippen molar-refractivity contribution < 1.29 is 13.5 Å². The maximum absolute atomic E-state index is 13.5. The second kappa shape index (κ2) is 6.65. The zero-order chi connectivity index (χ0) is 15.4. The Hall–Kier alpha value is -2.28. The molecule has 0 saturated carbocycles. The maximum Gasteiger partial charge on any atom is 0.318 e. The Kier molecular flexibility index (Phi) is 4.43. The Bertz CT molecular complexity index is 627. The molecule has 116 valence electrons. The molecule has 1 N–H and O–H groups in total. The molecule has 0 aliphatic carbocycles. The van der Waals surface area contributed by atoms with Crippen LogP contribution in [0.15, 0.2) is 30.5 Å². The molecule has 1 fully saturated rings. The molecular formula is C15H16F2N4O. The van der Waals surface area contributed by atoms with Crippen LogP contribution in [0.3, 0.4) is 0 Å². The SMILES string of the molecule is Fc1cccc(F)c1COc1nccc(N2CCNCC2)n1. The number of anilines is 1. The Balaban J connectivity index is 1.70. The van der Waals surface area contributed by atoms with E-state index in [4.69, 9.17) is 4.74 Å². The molecular weight excluding hydrogens is 290 g/mol. The summed E-state index contributed by atoms with van der Waals surface area (Å²) in [6.07, 6.45) is 1.58. The molecule has 1 aromatic carbocycles. The smallest absolute Gasteiger partial charge is 0.318 e. The minimum atomic E-state index is -0.641. The Morgan fingerprint density at radius 3 is 2.59 bits per heavy atom. The fourth-order valence-corrected chi connectivity index (χ4v) is 2.28. The molecule has 2 aromatic rings. The summed E-state index contributed by atoms with van der Waals surface area (Å²) in [6.45, 7) is 3.22. The van der Waals surface area contributed by atoms with Crippen molar-refractivity contribution in [1.29, 1.82) is 0 Å². The average Bonchev–Trinajstić information content (AvgIpc) is 2.55. The molecule has 0 bridgehead atoms. The first-order chi connectivity index (χ1) is 10.7. The van der Waals surface area contributed by atoms with Crippen molar-refractivity contribution in [3.63, 3.8) is 0 Å². The molecule has 22 heavy (non-hydrogen) atoms. The number of piperazine rings is 1. The summed E-state index contributed by atoms with van der Waals surface area (Å²) >= 11 is 0. The number of aromatic nitrogens is 2. The van der Waals surface area contributed by atoms with Gasteiger partial charge < -0.3 is 15.0 Å². The lowest BCUT2D eigenvalue weighted by molar-refractivity contribution is 0.269. The van der Waals surface area contributed by atoms with Gasteiger partial charge in [-0.1, -0.05) is 6.07 Å². The first-order valence-corrected chi connectivity index (χ1v) is 7.08. The summed E-state index contributed by atoms with van der Waals surface area (Å²) in [4.78, 5) is 10.4. The van der Waals surface area contributed by atoms with Gasteiger partial charge in [0.05, 0.1) is 5.56 Å². The van der Waals surface area contributed by atoms with Crippen molar-refractivity contribution in [1.82, 2.24) is 15.3 Å². The highest BCUT2D eigenvalue weighted by molar-refractivity contribution is 5.38. The molecule has 1 saturated heterocycles. The third-order valence-corrected chi connectivity index (χ3v) is 3.47. The van der Waals surface area contributed by atoms with Crippen LogP contribution in [0.4, 0.5) is 14.6 Å². The van der Waals surface area contributed by atoms with E-state index in [0.717, 1.165) is 32.0 Å². The van der Waals surface area contributed by atoms with E-state index >= 15 is 0 Å². The van der Waals surface area contributed by atoms with Crippen LogP contribution >= 0.6 is 0 Å². The molecule has 1 aromatic heterocycles. The van der Waals surface area contributed by atoms with E-state index in [1.54, 1.807) is 12.3 Å². The van der Waals surface area contributed by atoms with E-state index in [0.29, 0.717) is 0 Å². The third-order valence-electron chi connectivity index (χ3n) is 3.47. The van der Waals surface area contributed by atoms with Crippen molar-refractivity contribution in [3.05, 3.63) is 47.7 Å². The normalized spacial score (nSPS) is 14.9. The second-order valence-corrected chi connectivity index (χ2v) is 4.92. The molecule has 0 amide bonds. The maximum atomic E-state index is 13.5. The summed E-state index contributed by atoms with van der Waals surface area (Å²) in [5.41, 5.74) is -0.126. The average molecular weight is 306 g/mol. The topological polar surface area (TPSA) is 50.3 Å². The Labute approximate surface area is 127 Å². The molecule has 0 atom stereocenters. The lowest BCUT2D eigenvalue weighted by Crippen LogP contribution is -2.43. The van der Waals surface area contributed by atoms with Crippen LogP contribution in [0.2, 0.25) is 0 Å². The number of nitrogens with one attached hydrogen (secondary N) is 1. The van der Waals surface area contributed by atoms with E-state index in [9.17, 15) is 8.78 Å². The van der Waals surface area contributed by atoms with Gasteiger partial charge in [0.25, 0.3) is 0 Å². The molecule has 1 aliphatic rings. The van der Waals surface area contributed by atoms with Gasteiger partial charge in [-0.05, 0) is 18.2 Å². The quantitative estimate of drug-likeness (QED) is 0.932. The highest BCUT2D eigenvalue weighted by atomic mass is 19.1. The first-order valence-electron chi connectivity index (χ1n) is 7.08. The van der Waals surface area contributed by atoms with Crippen LogP contribution in [-0.4, -0.2) is 36.1 Å².